The number of nitrogens with one attached hydrogen (secondary N) is 1. The van der Waals surface area contributed by atoms with Crippen molar-refractivity contribution in [2.75, 3.05) is 4.72 Å². The molecule has 2 aromatic heterocycles. The first-order chi connectivity index (χ1) is 19.2. The largest absolute Gasteiger partial charge is 0.445 e. The minimum absolute atomic E-state index is 0.00924. The molecule has 5 aromatic rings. The van der Waals surface area contributed by atoms with Crippen LogP contribution >= 0.6 is 0 Å². The predicted octanol–water partition coefficient (Wildman–Crippen LogP) is 7.13. The number of rotatable bonds is 10. The average molecular weight is 562 g/mol. The lowest BCUT2D eigenvalue weighted by Crippen LogP contribution is -2.15. The molecule has 1 N–H and O–H groups in total. The number of hydrogen-bond acceptors (Lipinski definition) is 6. The van der Waals surface area contributed by atoms with Crippen molar-refractivity contribution in [1.82, 2.24) is 10.1 Å². The summed E-state index contributed by atoms with van der Waals surface area (Å²) in [5, 5.41) is 3.82. The Labute approximate surface area is 230 Å². The maximum absolute atomic E-state index is 14.9. The van der Waals surface area contributed by atoms with Crippen LogP contribution in [-0.4, -0.2) is 18.6 Å². The van der Waals surface area contributed by atoms with Gasteiger partial charge in [-0.3, -0.25) is 0 Å². The van der Waals surface area contributed by atoms with Gasteiger partial charge in [0.2, 0.25) is 11.8 Å². The molecule has 204 valence electrons. The van der Waals surface area contributed by atoms with Gasteiger partial charge in [-0.05, 0) is 74.2 Å². The summed E-state index contributed by atoms with van der Waals surface area (Å²) in [6.07, 6.45) is 2.94. The summed E-state index contributed by atoms with van der Waals surface area (Å²) >= 11 is 0. The van der Waals surface area contributed by atoms with Crippen LogP contribution in [0, 0.1) is 26.0 Å². The van der Waals surface area contributed by atoms with Crippen molar-refractivity contribution >= 4 is 15.9 Å². The molecule has 0 spiro atoms. The van der Waals surface area contributed by atoms with E-state index in [2.05, 4.69) is 27.0 Å². The highest BCUT2D eigenvalue weighted by atomic mass is 32.2. The topological polar surface area (TPSA) is 98.2 Å². The second-order valence-electron chi connectivity index (χ2n) is 9.31. The van der Waals surface area contributed by atoms with Gasteiger partial charge in [0.25, 0.3) is 15.9 Å². The Kier molecular flexibility index (Phi) is 7.41. The Balaban J connectivity index is 1.51. The van der Waals surface area contributed by atoms with Crippen LogP contribution < -0.4 is 4.72 Å². The molecule has 0 atom stereocenters. The fraction of sp³-hybridized carbons (Fsp3) is 0.200. The fourth-order valence-corrected chi connectivity index (χ4v) is 5.66. The van der Waals surface area contributed by atoms with Gasteiger partial charge in [0.1, 0.15) is 6.26 Å². The number of nitrogens with zero attached hydrogens (tertiary/aromatic N) is 2. The van der Waals surface area contributed by atoms with E-state index in [0.29, 0.717) is 39.4 Å². The van der Waals surface area contributed by atoms with Gasteiger partial charge in [0.15, 0.2) is 0 Å². The van der Waals surface area contributed by atoms with E-state index in [9.17, 15) is 17.2 Å². The number of alkyl halides is 2. The maximum Gasteiger partial charge on any atom is 0.273 e. The molecule has 0 amide bonds. The first-order valence-corrected chi connectivity index (χ1v) is 14.0. The highest BCUT2D eigenvalue weighted by Crippen LogP contribution is 2.37. The van der Waals surface area contributed by atoms with E-state index < -0.39 is 22.4 Å². The molecule has 0 fully saturated rings. The third-order valence-corrected chi connectivity index (χ3v) is 8.04. The number of anilines is 1. The highest BCUT2D eigenvalue weighted by molar-refractivity contribution is 7.92. The molecule has 0 aliphatic rings. The van der Waals surface area contributed by atoms with Crippen molar-refractivity contribution < 1.29 is 26.1 Å². The van der Waals surface area contributed by atoms with Crippen LogP contribution in [0.15, 0.2) is 87.0 Å². The summed E-state index contributed by atoms with van der Waals surface area (Å²) < 4.78 is 69.8. The zero-order chi connectivity index (χ0) is 28.3. The third-order valence-electron chi connectivity index (χ3n) is 6.65. The molecular formula is C30H25F2N3O4S. The van der Waals surface area contributed by atoms with E-state index in [0.717, 1.165) is 0 Å². The maximum atomic E-state index is 14.9. The van der Waals surface area contributed by atoms with E-state index in [4.69, 9.17) is 8.94 Å². The van der Waals surface area contributed by atoms with Crippen molar-refractivity contribution in [3.8, 4) is 22.6 Å². The summed E-state index contributed by atoms with van der Waals surface area (Å²) in [6.45, 7) is 3.42. The SMILES string of the molecule is Cc1noc(NS(=O)(=O)c2ccccc2-c2ccc(-c3ncco3)cc2CCCC(F)(F)c2cc#ccc2)c1C. The summed E-state index contributed by atoms with van der Waals surface area (Å²) in [5.41, 5.74) is 3.35. The molecular weight excluding hydrogens is 536 g/mol. The molecule has 0 bridgehead atoms. The second-order valence-corrected chi connectivity index (χ2v) is 11.0. The van der Waals surface area contributed by atoms with Crippen LogP contribution in [0.25, 0.3) is 22.6 Å². The van der Waals surface area contributed by atoms with Crippen molar-refractivity contribution in [3.05, 3.63) is 108 Å². The Morgan fingerprint density at radius 3 is 2.58 bits per heavy atom. The van der Waals surface area contributed by atoms with Gasteiger partial charge in [-0.15, -0.1) is 0 Å². The number of aromatic nitrogens is 2. The third kappa shape index (κ3) is 5.60. The van der Waals surface area contributed by atoms with E-state index in [-0.39, 0.29) is 29.2 Å². The number of oxazole rings is 1. The predicted molar refractivity (Wildman–Crippen MR) is 145 cm³/mol. The van der Waals surface area contributed by atoms with E-state index in [1.807, 2.05) is 0 Å². The van der Waals surface area contributed by atoms with Gasteiger partial charge in [-0.25, -0.2) is 26.9 Å². The van der Waals surface area contributed by atoms with Gasteiger partial charge < -0.3 is 8.94 Å². The fourth-order valence-electron chi connectivity index (χ4n) is 4.39. The number of sulfonamides is 1. The molecule has 0 saturated heterocycles. The lowest BCUT2D eigenvalue weighted by atomic mass is 9.93. The van der Waals surface area contributed by atoms with Crippen molar-refractivity contribution in [2.24, 2.45) is 0 Å². The average Bonchev–Trinajstić information content (AvgIpc) is 3.60. The summed E-state index contributed by atoms with van der Waals surface area (Å²) in [5.74, 6) is -2.65. The molecule has 3 aromatic carbocycles. The van der Waals surface area contributed by atoms with Gasteiger partial charge in [-0.2, -0.15) is 0 Å². The molecule has 0 aliphatic carbocycles. The second kappa shape index (κ2) is 10.9. The van der Waals surface area contributed by atoms with E-state index in [1.165, 1.54) is 36.7 Å². The smallest absolute Gasteiger partial charge is 0.273 e. The molecule has 10 heteroatoms. The van der Waals surface area contributed by atoms with Crippen molar-refractivity contribution in [2.45, 2.75) is 43.9 Å². The first kappa shape index (κ1) is 27.1. The standard InChI is InChI=1S/C30H25F2N3O4S/c1-20-21(2)34-39-28(20)35-40(36,37)27-13-7-6-12-26(27)25-15-14-23(29-33-17-18-38-29)19-22(25)9-8-16-30(31,32)24-10-4-3-5-11-24/h4,6-7,10-15,17-19,35H,8-9,16H2,1-2H3. The van der Waals surface area contributed by atoms with Gasteiger partial charge in [0, 0.05) is 28.7 Å². The van der Waals surface area contributed by atoms with E-state index >= 15 is 0 Å². The summed E-state index contributed by atoms with van der Waals surface area (Å²) in [7, 11) is -4.09. The van der Waals surface area contributed by atoms with Crippen LogP contribution in [0.4, 0.5) is 14.7 Å². The minimum Gasteiger partial charge on any atom is -0.445 e. The number of halogens is 2. The highest BCUT2D eigenvalue weighted by Gasteiger charge is 2.31. The van der Waals surface area contributed by atoms with Crippen molar-refractivity contribution in [1.29, 1.82) is 0 Å². The molecule has 0 aliphatic heterocycles. The van der Waals surface area contributed by atoms with Crippen LogP contribution in [-0.2, 0) is 22.4 Å². The number of benzene rings is 2. The lowest BCUT2D eigenvalue weighted by molar-refractivity contribution is -0.0151. The molecule has 2 heterocycles. The molecule has 0 radical (unpaired) electrons. The quantitative estimate of drug-likeness (QED) is 0.195. The molecule has 0 unspecified atom stereocenters. The zero-order valence-electron chi connectivity index (χ0n) is 21.7. The Hall–Kier alpha value is -4.49. The molecule has 0 saturated carbocycles. The van der Waals surface area contributed by atoms with Crippen LogP contribution in [0.1, 0.15) is 35.2 Å². The Morgan fingerprint density at radius 2 is 1.88 bits per heavy atom. The summed E-state index contributed by atoms with van der Waals surface area (Å²) in [6, 6.07) is 21.0. The molecule has 5 rings (SSSR count). The van der Waals surface area contributed by atoms with Gasteiger partial charge in [-0.1, -0.05) is 41.6 Å². The van der Waals surface area contributed by atoms with Crippen LogP contribution in [0.2, 0.25) is 0 Å². The van der Waals surface area contributed by atoms with Crippen molar-refractivity contribution in [3.63, 3.8) is 0 Å². The Morgan fingerprint density at radius 1 is 1.05 bits per heavy atom. The zero-order valence-corrected chi connectivity index (χ0v) is 22.6. The minimum atomic E-state index is -4.09. The molecule has 7 nitrogen and oxygen atoms in total. The first-order valence-electron chi connectivity index (χ1n) is 12.5. The Bertz CT molecular complexity index is 1720. The lowest BCUT2D eigenvalue weighted by Gasteiger charge is -2.18. The normalized spacial score (nSPS) is 11.8. The summed E-state index contributed by atoms with van der Waals surface area (Å²) in [4.78, 5) is 4.20. The van der Waals surface area contributed by atoms with Crippen LogP contribution in [0.5, 0.6) is 0 Å². The number of hydrogen-bond donors (Lipinski definition) is 1. The van der Waals surface area contributed by atoms with E-state index in [1.54, 1.807) is 50.2 Å². The monoisotopic (exact) mass is 561 g/mol. The molecule has 40 heavy (non-hydrogen) atoms. The van der Waals surface area contributed by atoms with Gasteiger partial charge in [0.05, 0.1) is 16.8 Å². The van der Waals surface area contributed by atoms with Gasteiger partial charge >= 0.3 is 0 Å². The van der Waals surface area contributed by atoms with Crippen LogP contribution in [0.3, 0.4) is 0 Å². The number of aryl methyl sites for hydroxylation is 2.